The third kappa shape index (κ3) is 2.71. The summed E-state index contributed by atoms with van der Waals surface area (Å²) < 4.78 is 0. The normalized spacial score (nSPS) is 30.6. The highest BCUT2D eigenvalue weighted by atomic mass is 16.2. The van der Waals surface area contributed by atoms with Crippen LogP contribution >= 0.6 is 0 Å². The fraction of sp³-hybridized carbons (Fsp3) is 0.933. The van der Waals surface area contributed by atoms with Gasteiger partial charge < -0.3 is 10.2 Å². The minimum Gasteiger partial charge on any atom is -0.338 e. The Labute approximate surface area is 111 Å². The number of carbonyl (C=O) groups excluding carboxylic acids is 1. The van der Waals surface area contributed by atoms with Crippen molar-refractivity contribution in [3.05, 3.63) is 0 Å². The van der Waals surface area contributed by atoms with E-state index in [4.69, 9.17) is 0 Å². The first-order valence-corrected chi connectivity index (χ1v) is 7.57. The van der Waals surface area contributed by atoms with Gasteiger partial charge in [0.2, 0.25) is 5.91 Å². The number of hydrogen-bond donors (Lipinski definition) is 1. The Morgan fingerprint density at radius 3 is 2.67 bits per heavy atom. The van der Waals surface area contributed by atoms with Gasteiger partial charge in [-0.05, 0) is 37.6 Å². The van der Waals surface area contributed by atoms with Crippen LogP contribution in [0.25, 0.3) is 0 Å². The Kier molecular flexibility index (Phi) is 4.31. The van der Waals surface area contributed by atoms with Gasteiger partial charge in [-0.25, -0.2) is 0 Å². The van der Waals surface area contributed by atoms with Crippen molar-refractivity contribution < 1.29 is 4.79 Å². The Hall–Kier alpha value is -0.570. The molecule has 2 fully saturated rings. The average Bonchev–Trinajstić information content (AvgIpc) is 2.94. The van der Waals surface area contributed by atoms with E-state index in [0.717, 1.165) is 38.9 Å². The van der Waals surface area contributed by atoms with Gasteiger partial charge in [0.15, 0.2) is 0 Å². The monoisotopic (exact) mass is 252 g/mol. The quantitative estimate of drug-likeness (QED) is 0.833. The molecular formula is C15H28N2O. The van der Waals surface area contributed by atoms with Crippen LogP contribution in [0.2, 0.25) is 0 Å². The van der Waals surface area contributed by atoms with Gasteiger partial charge in [0.05, 0.1) is 0 Å². The molecule has 1 saturated heterocycles. The van der Waals surface area contributed by atoms with E-state index < -0.39 is 0 Å². The summed E-state index contributed by atoms with van der Waals surface area (Å²) in [6.07, 6.45) is 5.69. The maximum absolute atomic E-state index is 12.8. The Bertz CT molecular complexity index is 295. The molecule has 0 spiro atoms. The van der Waals surface area contributed by atoms with Crippen molar-refractivity contribution in [1.29, 1.82) is 0 Å². The molecular weight excluding hydrogens is 224 g/mol. The van der Waals surface area contributed by atoms with Crippen LogP contribution in [-0.4, -0.2) is 36.5 Å². The Morgan fingerprint density at radius 1 is 1.39 bits per heavy atom. The summed E-state index contributed by atoms with van der Waals surface area (Å²) >= 11 is 0. The van der Waals surface area contributed by atoms with E-state index in [1.54, 1.807) is 0 Å². The van der Waals surface area contributed by atoms with Crippen molar-refractivity contribution >= 4 is 5.91 Å². The zero-order valence-electron chi connectivity index (χ0n) is 12.2. The molecule has 104 valence electrons. The van der Waals surface area contributed by atoms with E-state index in [9.17, 15) is 4.79 Å². The van der Waals surface area contributed by atoms with Crippen LogP contribution in [0.3, 0.4) is 0 Å². The average molecular weight is 252 g/mol. The van der Waals surface area contributed by atoms with E-state index in [1.165, 1.54) is 12.8 Å². The minimum absolute atomic E-state index is 0.203. The Balaban J connectivity index is 2.07. The first-order chi connectivity index (χ1) is 8.56. The summed E-state index contributed by atoms with van der Waals surface area (Å²) in [7, 11) is 0. The summed E-state index contributed by atoms with van der Waals surface area (Å²) in [4.78, 5) is 15.0. The first-order valence-electron chi connectivity index (χ1n) is 7.57. The second-order valence-electron chi connectivity index (χ2n) is 6.61. The molecule has 1 aliphatic carbocycles. The maximum atomic E-state index is 12.8. The highest BCUT2D eigenvalue weighted by Gasteiger charge is 2.42. The zero-order valence-corrected chi connectivity index (χ0v) is 12.2. The van der Waals surface area contributed by atoms with Crippen LogP contribution in [-0.2, 0) is 4.79 Å². The van der Waals surface area contributed by atoms with Gasteiger partial charge in [0, 0.05) is 25.0 Å². The number of carbonyl (C=O) groups is 1. The lowest BCUT2D eigenvalue weighted by atomic mass is 9.81. The molecule has 1 amide bonds. The van der Waals surface area contributed by atoms with Gasteiger partial charge in [-0.3, -0.25) is 4.79 Å². The molecule has 18 heavy (non-hydrogen) atoms. The van der Waals surface area contributed by atoms with Crippen molar-refractivity contribution in [2.45, 2.75) is 58.9 Å². The standard InChI is InChI=1S/C15H28N2O/c1-4-10-17(12-7-9-16-11-12)14(18)13-6-5-8-15(13,2)3/h12-13,16H,4-11H2,1-3H3. The summed E-state index contributed by atoms with van der Waals surface area (Å²) in [5, 5.41) is 3.38. The second-order valence-corrected chi connectivity index (χ2v) is 6.61. The minimum atomic E-state index is 0.203. The van der Waals surface area contributed by atoms with Gasteiger partial charge >= 0.3 is 0 Å². The number of nitrogens with zero attached hydrogens (tertiary/aromatic N) is 1. The molecule has 3 nitrogen and oxygen atoms in total. The van der Waals surface area contributed by atoms with E-state index in [1.807, 2.05) is 0 Å². The molecule has 0 aromatic carbocycles. The highest BCUT2D eigenvalue weighted by molar-refractivity contribution is 5.80. The largest absolute Gasteiger partial charge is 0.338 e. The molecule has 1 heterocycles. The lowest BCUT2D eigenvalue weighted by Gasteiger charge is -2.35. The molecule has 0 radical (unpaired) electrons. The summed E-state index contributed by atoms with van der Waals surface area (Å²) in [6, 6.07) is 0.439. The zero-order chi connectivity index (χ0) is 13.2. The van der Waals surface area contributed by atoms with Gasteiger partial charge in [-0.1, -0.05) is 27.2 Å². The molecule has 0 aromatic rings. The first kappa shape index (κ1) is 13.9. The maximum Gasteiger partial charge on any atom is 0.226 e. The van der Waals surface area contributed by atoms with Crippen LogP contribution in [0, 0.1) is 11.3 Å². The van der Waals surface area contributed by atoms with Gasteiger partial charge in [-0.15, -0.1) is 0 Å². The molecule has 3 heteroatoms. The molecule has 2 rings (SSSR count). The van der Waals surface area contributed by atoms with Crippen LogP contribution in [0.4, 0.5) is 0 Å². The van der Waals surface area contributed by atoms with Crippen molar-refractivity contribution in [3.8, 4) is 0 Å². The lowest BCUT2D eigenvalue weighted by molar-refractivity contribution is -0.140. The fourth-order valence-corrected chi connectivity index (χ4v) is 3.60. The molecule has 0 aromatic heterocycles. The third-order valence-electron chi connectivity index (χ3n) is 4.78. The number of nitrogens with one attached hydrogen (secondary N) is 1. The smallest absolute Gasteiger partial charge is 0.226 e. The van der Waals surface area contributed by atoms with Crippen molar-refractivity contribution in [2.75, 3.05) is 19.6 Å². The van der Waals surface area contributed by atoms with E-state index in [-0.39, 0.29) is 11.3 Å². The molecule has 1 aliphatic heterocycles. The SMILES string of the molecule is CCCN(C(=O)C1CCCC1(C)C)C1CCNC1. The molecule has 2 unspecified atom stereocenters. The van der Waals surface area contributed by atoms with Gasteiger partial charge in [0.25, 0.3) is 0 Å². The number of rotatable bonds is 4. The van der Waals surface area contributed by atoms with Crippen LogP contribution in [0.5, 0.6) is 0 Å². The van der Waals surface area contributed by atoms with Crippen LogP contribution < -0.4 is 5.32 Å². The fourth-order valence-electron chi connectivity index (χ4n) is 3.60. The predicted octanol–water partition coefficient (Wildman–Crippen LogP) is 2.41. The number of hydrogen-bond acceptors (Lipinski definition) is 2. The van der Waals surface area contributed by atoms with Crippen molar-refractivity contribution in [1.82, 2.24) is 10.2 Å². The predicted molar refractivity (Wildman–Crippen MR) is 74.4 cm³/mol. The van der Waals surface area contributed by atoms with Gasteiger partial charge in [0.1, 0.15) is 0 Å². The molecule has 0 bridgehead atoms. The number of amides is 1. The highest BCUT2D eigenvalue weighted by Crippen LogP contribution is 2.43. The summed E-state index contributed by atoms with van der Waals surface area (Å²) in [5.74, 6) is 0.678. The topological polar surface area (TPSA) is 32.3 Å². The van der Waals surface area contributed by atoms with Crippen LogP contribution in [0.15, 0.2) is 0 Å². The van der Waals surface area contributed by atoms with E-state index >= 15 is 0 Å². The van der Waals surface area contributed by atoms with Crippen LogP contribution in [0.1, 0.15) is 52.9 Å². The molecule has 2 aliphatic rings. The van der Waals surface area contributed by atoms with Crippen molar-refractivity contribution in [2.24, 2.45) is 11.3 Å². The third-order valence-corrected chi connectivity index (χ3v) is 4.78. The summed E-state index contributed by atoms with van der Waals surface area (Å²) in [6.45, 7) is 9.67. The molecule has 1 saturated carbocycles. The van der Waals surface area contributed by atoms with E-state index in [2.05, 4.69) is 31.0 Å². The molecule has 2 atom stereocenters. The van der Waals surface area contributed by atoms with Crippen molar-refractivity contribution in [3.63, 3.8) is 0 Å². The van der Waals surface area contributed by atoms with E-state index in [0.29, 0.717) is 11.9 Å². The lowest BCUT2D eigenvalue weighted by Crippen LogP contribution is -2.47. The second kappa shape index (κ2) is 5.60. The molecule has 1 N–H and O–H groups in total. The van der Waals surface area contributed by atoms with Gasteiger partial charge in [-0.2, -0.15) is 0 Å². The summed E-state index contributed by atoms with van der Waals surface area (Å²) in [5.41, 5.74) is 0.203. The Morgan fingerprint density at radius 2 is 2.17 bits per heavy atom.